The molecule has 3 rings (SSSR count). The van der Waals surface area contributed by atoms with Crippen LogP contribution in [-0.4, -0.2) is 126 Å². The molecule has 11 nitrogen and oxygen atoms in total. The molecule has 1 unspecified atom stereocenters. The van der Waals surface area contributed by atoms with Crippen LogP contribution in [0.3, 0.4) is 0 Å². The van der Waals surface area contributed by atoms with Crippen LogP contribution in [0.1, 0.15) is 73.6 Å². The molecular formula is C36H61N3O8. The second kappa shape index (κ2) is 18.5. The van der Waals surface area contributed by atoms with Crippen LogP contribution in [-0.2, 0) is 19.0 Å². The van der Waals surface area contributed by atoms with E-state index in [0.717, 1.165) is 31.8 Å². The van der Waals surface area contributed by atoms with Crippen LogP contribution >= 0.6 is 0 Å². The number of hydrogen-bond acceptors (Lipinski definition) is 10. The molecule has 2 fully saturated rings. The highest BCUT2D eigenvalue weighted by atomic mass is 16.6. The van der Waals surface area contributed by atoms with Crippen LogP contribution in [0.5, 0.6) is 0 Å². The lowest BCUT2D eigenvalue weighted by atomic mass is 9.91. The van der Waals surface area contributed by atoms with E-state index >= 15 is 0 Å². The van der Waals surface area contributed by atoms with Gasteiger partial charge in [0.25, 0.3) is 0 Å². The van der Waals surface area contributed by atoms with Crippen molar-refractivity contribution < 1.29 is 39.1 Å². The minimum atomic E-state index is -1.13. The number of carbonyl (C=O) groups is 2. The van der Waals surface area contributed by atoms with E-state index in [1.165, 1.54) is 0 Å². The number of aliphatic hydroxyl groups excluding tert-OH is 2. The molecule has 0 aliphatic carbocycles. The standard InChI is InChI=1S/C36H61N3O8/c1-8-29(41)27(5)34-31(45-34)23-36(6,44)15-9-10-25(3)33-26(4)12-14-30(24(2)11-13-28(40)22-32(42)47-33)46-35(43)39-20-18-38(19-21-39)17-16-37-7/h9-10,12,14-15,24,26-31,33-34,37,40-41,44H,8,11,13,16-23H2,1-7H3/b14-12+,15-9+,25-10+/t24-,26-,27+,28+,29-,30-,31+,33+,34+,36?/m0/s1. The van der Waals surface area contributed by atoms with Gasteiger partial charge in [0.2, 0.25) is 0 Å². The summed E-state index contributed by atoms with van der Waals surface area (Å²) in [5.41, 5.74) is -0.356. The van der Waals surface area contributed by atoms with Crippen molar-refractivity contribution in [2.45, 2.75) is 116 Å². The highest BCUT2D eigenvalue weighted by Gasteiger charge is 2.47. The highest BCUT2D eigenvalue weighted by Crippen LogP contribution is 2.37. The predicted octanol–water partition coefficient (Wildman–Crippen LogP) is 3.43. The number of piperazine rings is 1. The molecule has 3 heterocycles. The summed E-state index contributed by atoms with van der Waals surface area (Å²) < 4.78 is 17.7. The Morgan fingerprint density at radius 1 is 1.21 bits per heavy atom. The van der Waals surface area contributed by atoms with Crippen molar-refractivity contribution in [3.05, 3.63) is 36.0 Å². The minimum Gasteiger partial charge on any atom is -0.457 e. The summed E-state index contributed by atoms with van der Waals surface area (Å²) >= 11 is 0. The largest absolute Gasteiger partial charge is 0.457 e. The summed E-state index contributed by atoms with van der Waals surface area (Å²) in [7, 11) is 1.93. The Hall–Kier alpha value is -2.28. The van der Waals surface area contributed by atoms with Gasteiger partial charge >= 0.3 is 12.1 Å². The van der Waals surface area contributed by atoms with Crippen molar-refractivity contribution in [3.63, 3.8) is 0 Å². The molecule has 10 atom stereocenters. The number of carbonyl (C=O) groups excluding carboxylic acids is 2. The summed E-state index contributed by atoms with van der Waals surface area (Å²) in [5.74, 6) is -0.785. The average molecular weight is 664 g/mol. The first-order chi connectivity index (χ1) is 22.2. The topological polar surface area (TPSA) is 144 Å². The fraction of sp³-hybridized carbons (Fsp3) is 0.778. The Morgan fingerprint density at radius 2 is 1.91 bits per heavy atom. The Labute approximate surface area is 282 Å². The van der Waals surface area contributed by atoms with Crippen molar-refractivity contribution in [1.29, 1.82) is 0 Å². The molecule has 4 N–H and O–H groups in total. The summed E-state index contributed by atoms with van der Waals surface area (Å²) in [4.78, 5) is 30.1. The number of allylic oxidation sites excluding steroid dienone is 2. The van der Waals surface area contributed by atoms with Gasteiger partial charge in [0, 0.05) is 57.5 Å². The van der Waals surface area contributed by atoms with Crippen LogP contribution in [0.4, 0.5) is 4.79 Å². The Balaban J connectivity index is 1.68. The first kappa shape index (κ1) is 39.2. The molecule has 11 heteroatoms. The Morgan fingerprint density at radius 3 is 2.57 bits per heavy atom. The van der Waals surface area contributed by atoms with E-state index in [0.29, 0.717) is 38.8 Å². The molecule has 0 aromatic rings. The molecule has 0 aromatic heterocycles. The van der Waals surface area contributed by atoms with E-state index in [-0.39, 0.29) is 42.5 Å². The van der Waals surface area contributed by atoms with Crippen LogP contribution in [0, 0.1) is 17.8 Å². The van der Waals surface area contributed by atoms with Gasteiger partial charge in [-0.25, -0.2) is 4.79 Å². The first-order valence-electron chi connectivity index (χ1n) is 17.5. The number of amides is 1. The monoisotopic (exact) mass is 663 g/mol. The molecule has 3 aliphatic heterocycles. The number of nitrogens with one attached hydrogen (secondary N) is 1. The van der Waals surface area contributed by atoms with E-state index in [1.807, 2.05) is 59.9 Å². The third-order valence-corrected chi connectivity index (χ3v) is 9.85. The third-order valence-electron chi connectivity index (χ3n) is 9.85. The SMILES string of the molecule is CC[C@H](O)[C@@H](C)[C@H]1O[C@@H]1CC(C)(O)/C=C/C=C(\C)[C@H]1OC(=O)C[C@H](O)CC[C@H](C)[C@@H](OC(=O)N2CCN(CCNC)CC2)/C=C/[C@@H]1C. The Kier molecular flexibility index (Phi) is 15.4. The molecule has 0 aromatic carbocycles. The second-order valence-electron chi connectivity index (χ2n) is 14.2. The zero-order valence-electron chi connectivity index (χ0n) is 29.6. The van der Waals surface area contributed by atoms with Crippen molar-refractivity contribution in [2.75, 3.05) is 46.3 Å². The van der Waals surface area contributed by atoms with Crippen LogP contribution in [0.2, 0.25) is 0 Å². The molecule has 0 bridgehead atoms. The van der Waals surface area contributed by atoms with Crippen LogP contribution in [0.25, 0.3) is 0 Å². The fourth-order valence-electron chi connectivity index (χ4n) is 6.42. The number of rotatable bonds is 12. The minimum absolute atomic E-state index is 0.00544. The molecule has 2 saturated heterocycles. The first-order valence-corrected chi connectivity index (χ1v) is 17.5. The normalized spacial score (nSPS) is 33.2. The number of hydrogen-bond donors (Lipinski definition) is 4. The number of epoxide rings is 1. The summed E-state index contributed by atoms with van der Waals surface area (Å²) in [6.45, 7) is 16.1. The molecular weight excluding hydrogens is 602 g/mol. The van der Waals surface area contributed by atoms with Gasteiger partial charge in [0.05, 0.1) is 36.4 Å². The molecule has 1 amide bonds. The van der Waals surface area contributed by atoms with Crippen LogP contribution in [0.15, 0.2) is 36.0 Å². The van der Waals surface area contributed by atoms with Crippen molar-refractivity contribution in [2.24, 2.45) is 17.8 Å². The molecule has 0 spiro atoms. The second-order valence-corrected chi connectivity index (χ2v) is 14.2. The number of ether oxygens (including phenoxy) is 3. The fourth-order valence-corrected chi connectivity index (χ4v) is 6.42. The van der Waals surface area contributed by atoms with Gasteiger partial charge in [-0.15, -0.1) is 0 Å². The number of nitrogens with zero attached hydrogens (tertiary/aromatic N) is 2. The van der Waals surface area contributed by atoms with Gasteiger partial charge in [0.1, 0.15) is 12.2 Å². The summed E-state index contributed by atoms with van der Waals surface area (Å²) in [6.07, 6.45) is 8.11. The number of aliphatic hydroxyl groups is 3. The van der Waals surface area contributed by atoms with Crippen molar-refractivity contribution in [1.82, 2.24) is 15.1 Å². The van der Waals surface area contributed by atoms with Crippen molar-refractivity contribution in [3.8, 4) is 0 Å². The van der Waals surface area contributed by atoms with E-state index in [1.54, 1.807) is 24.0 Å². The molecule has 47 heavy (non-hydrogen) atoms. The van der Waals surface area contributed by atoms with Gasteiger partial charge in [-0.3, -0.25) is 9.69 Å². The number of cyclic esters (lactones) is 1. The van der Waals surface area contributed by atoms with E-state index in [2.05, 4.69) is 10.2 Å². The van der Waals surface area contributed by atoms with E-state index in [9.17, 15) is 24.9 Å². The molecule has 3 aliphatic rings. The molecule has 268 valence electrons. The smallest absolute Gasteiger partial charge is 0.410 e. The maximum absolute atomic E-state index is 13.2. The maximum Gasteiger partial charge on any atom is 0.410 e. The van der Waals surface area contributed by atoms with Gasteiger partial charge < -0.3 is 39.7 Å². The third kappa shape index (κ3) is 12.6. The molecule has 0 saturated carbocycles. The number of likely N-dealkylation sites (N-methyl/N-ethyl adjacent to an activating group) is 1. The number of esters is 1. The molecule has 0 radical (unpaired) electrons. The predicted molar refractivity (Wildman–Crippen MR) is 182 cm³/mol. The van der Waals surface area contributed by atoms with Gasteiger partial charge in [0.15, 0.2) is 0 Å². The lowest BCUT2D eigenvalue weighted by Gasteiger charge is -2.35. The average Bonchev–Trinajstić information content (AvgIpc) is 3.79. The summed E-state index contributed by atoms with van der Waals surface area (Å²) in [5, 5.41) is 34.9. The Bertz CT molecular complexity index is 1090. The van der Waals surface area contributed by atoms with Crippen LogP contribution < -0.4 is 5.32 Å². The van der Waals surface area contributed by atoms with E-state index < -0.39 is 36.0 Å². The maximum atomic E-state index is 13.2. The zero-order chi connectivity index (χ0) is 34.7. The lowest BCUT2D eigenvalue weighted by molar-refractivity contribution is -0.151. The van der Waals surface area contributed by atoms with Gasteiger partial charge in [-0.2, -0.15) is 0 Å². The summed E-state index contributed by atoms with van der Waals surface area (Å²) in [6, 6.07) is 0. The van der Waals surface area contributed by atoms with E-state index in [4.69, 9.17) is 14.2 Å². The van der Waals surface area contributed by atoms with Crippen molar-refractivity contribution >= 4 is 12.1 Å². The highest BCUT2D eigenvalue weighted by molar-refractivity contribution is 5.70. The zero-order valence-corrected chi connectivity index (χ0v) is 29.6. The van der Waals surface area contributed by atoms with Gasteiger partial charge in [-0.05, 0) is 57.7 Å². The quantitative estimate of drug-likeness (QED) is 0.106. The van der Waals surface area contributed by atoms with Gasteiger partial charge in [-0.1, -0.05) is 52.0 Å². The lowest BCUT2D eigenvalue weighted by Crippen LogP contribution is -2.50.